The molecule has 5 heteroatoms. The number of rotatable bonds is 4. The van der Waals surface area contributed by atoms with Crippen LogP contribution in [0.3, 0.4) is 0 Å². The lowest BCUT2D eigenvalue weighted by atomic mass is 9.97. The third-order valence-electron chi connectivity index (χ3n) is 5.38. The van der Waals surface area contributed by atoms with Crippen LogP contribution in [-0.2, 0) is 17.6 Å². The van der Waals surface area contributed by atoms with Gasteiger partial charge in [-0.3, -0.25) is 4.79 Å². The Kier molecular flexibility index (Phi) is 4.34. The van der Waals surface area contributed by atoms with Crippen LogP contribution >= 0.6 is 22.7 Å². The number of aryl methyl sites for hydroxylation is 1. The van der Waals surface area contributed by atoms with Crippen molar-refractivity contribution in [3.63, 3.8) is 0 Å². The van der Waals surface area contributed by atoms with E-state index in [0.717, 1.165) is 24.9 Å². The van der Waals surface area contributed by atoms with E-state index >= 15 is 0 Å². The number of fused-ring (bicyclic) bond motifs is 2. The van der Waals surface area contributed by atoms with Crippen molar-refractivity contribution in [2.24, 2.45) is 0 Å². The molecule has 1 aromatic carbocycles. The van der Waals surface area contributed by atoms with Gasteiger partial charge in [0.05, 0.1) is 6.04 Å². The summed E-state index contributed by atoms with van der Waals surface area (Å²) in [6, 6.07) is 14.8. The van der Waals surface area contributed by atoms with E-state index in [-0.39, 0.29) is 11.9 Å². The van der Waals surface area contributed by atoms with Crippen LogP contribution < -0.4 is 0 Å². The van der Waals surface area contributed by atoms with E-state index in [1.165, 1.54) is 26.3 Å². The molecule has 1 aliphatic rings. The Bertz CT molecular complexity index is 1080. The van der Waals surface area contributed by atoms with Crippen LogP contribution in [-0.4, -0.2) is 22.3 Å². The van der Waals surface area contributed by atoms with Gasteiger partial charge in [0.25, 0.3) is 0 Å². The highest BCUT2D eigenvalue weighted by Crippen LogP contribution is 2.39. The number of nitrogens with one attached hydrogen (secondary N) is 1. The lowest BCUT2D eigenvalue weighted by molar-refractivity contribution is -0.133. The molecule has 27 heavy (non-hydrogen) atoms. The Labute approximate surface area is 166 Å². The second-order valence-corrected chi connectivity index (χ2v) is 8.89. The van der Waals surface area contributed by atoms with Crippen molar-refractivity contribution in [3.8, 4) is 0 Å². The average Bonchev–Trinajstić information content (AvgIpc) is 3.45. The van der Waals surface area contributed by atoms with Crippen LogP contribution in [0.2, 0.25) is 0 Å². The second kappa shape index (κ2) is 6.98. The van der Waals surface area contributed by atoms with Gasteiger partial charge in [0.2, 0.25) is 5.91 Å². The Balaban J connectivity index is 1.39. The molecule has 1 atom stereocenters. The number of benzene rings is 1. The topological polar surface area (TPSA) is 36.1 Å². The lowest BCUT2D eigenvalue weighted by Gasteiger charge is -2.35. The summed E-state index contributed by atoms with van der Waals surface area (Å²) in [6.07, 6.45) is 4.33. The van der Waals surface area contributed by atoms with Gasteiger partial charge < -0.3 is 9.88 Å². The maximum absolute atomic E-state index is 13.2. The maximum Gasteiger partial charge on any atom is 0.223 e. The SMILES string of the molecule is O=C(CCc1c[nH]c2ccccc12)N1CCc2sccc2[C@H]1c1cccs1. The molecule has 136 valence electrons. The monoisotopic (exact) mass is 392 g/mol. The van der Waals surface area contributed by atoms with Crippen molar-refractivity contribution in [2.45, 2.75) is 25.3 Å². The van der Waals surface area contributed by atoms with Crippen molar-refractivity contribution in [3.05, 3.63) is 80.3 Å². The van der Waals surface area contributed by atoms with Gasteiger partial charge >= 0.3 is 0 Å². The summed E-state index contributed by atoms with van der Waals surface area (Å²) in [4.78, 5) is 21.3. The predicted octanol–water partition coefficient (Wildman–Crippen LogP) is 5.40. The van der Waals surface area contributed by atoms with Crippen molar-refractivity contribution < 1.29 is 4.79 Å². The number of hydrogen-bond acceptors (Lipinski definition) is 3. The Morgan fingerprint density at radius 1 is 1.11 bits per heavy atom. The highest BCUT2D eigenvalue weighted by Gasteiger charge is 2.33. The zero-order valence-electron chi connectivity index (χ0n) is 14.9. The summed E-state index contributed by atoms with van der Waals surface area (Å²) in [5.41, 5.74) is 3.67. The first-order valence-electron chi connectivity index (χ1n) is 9.25. The molecule has 0 fully saturated rings. The number of carbonyl (C=O) groups excluding carboxylic acids is 1. The summed E-state index contributed by atoms with van der Waals surface area (Å²) >= 11 is 3.56. The van der Waals surface area contributed by atoms with Gasteiger partial charge in [0.15, 0.2) is 0 Å². The van der Waals surface area contributed by atoms with Crippen LogP contribution in [0.15, 0.2) is 59.4 Å². The molecule has 0 radical (unpaired) electrons. The molecule has 0 aliphatic carbocycles. The number of nitrogens with zero attached hydrogens (tertiary/aromatic N) is 1. The normalized spacial score (nSPS) is 16.6. The molecular weight excluding hydrogens is 372 g/mol. The zero-order chi connectivity index (χ0) is 18.2. The molecule has 0 spiro atoms. The molecule has 0 saturated carbocycles. The smallest absolute Gasteiger partial charge is 0.223 e. The summed E-state index contributed by atoms with van der Waals surface area (Å²) in [6.45, 7) is 0.808. The first-order valence-corrected chi connectivity index (χ1v) is 11.0. The predicted molar refractivity (Wildman–Crippen MR) is 113 cm³/mol. The minimum Gasteiger partial charge on any atom is -0.361 e. The largest absolute Gasteiger partial charge is 0.361 e. The molecule has 3 aromatic heterocycles. The molecule has 1 aliphatic heterocycles. The summed E-state index contributed by atoms with van der Waals surface area (Å²) < 4.78 is 0. The number of aromatic amines is 1. The van der Waals surface area contributed by atoms with Gasteiger partial charge in [-0.2, -0.15) is 0 Å². The molecular formula is C22H20N2OS2. The van der Waals surface area contributed by atoms with E-state index in [1.807, 2.05) is 23.6 Å². The van der Waals surface area contributed by atoms with E-state index in [9.17, 15) is 4.79 Å². The third kappa shape index (κ3) is 3.01. The highest BCUT2D eigenvalue weighted by molar-refractivity contribution is 7.10. The number of aromatic nitrogens is 1. The summed E-state index contributed by atoms with van der Waals surface area (Å²) in [5.74, 6) is 0.246. The average molecular weight is 393 g/mol. The molecule has 0 saturated heterocycles. The van der Waals surface area contributed by atoms with Crippen molar-refractivity contribution in [1.29, 1.82) is 0 Å². The molecule has 4 heterocycles. The number of para-hydroxylation sites is 1. The van der Waals surface area contributed by atoms with Gasteiger partial charge in [0.1, 0.15) is 0 Å². The number of H-pyrrole nitrogens is 1. The summed E-state index contributed by atoms with van der Waals surface area (Å²) in [7, 11) is 0. The quantitative estimate of drug-likeness (QED) is 0.496. The van der Waals surface area contributed by atoms with Gasteiger partial charge in [-0.15, -0.1) is 22.7 Å². The van der Waals surface area contributed by atoms with E-state index in [0.29, 0.717) is 6.42 Å². The van der Waals surface area contributed by atoms with Crippen molar-refractivity contribution >= 4 is 39.5 Å². The number of carbonyl (C=O) groups is 1. The van der Waals surface area contributed by atoms with Gasteiger partial charge in [-0.25, -0.2) is 0 Å². The van der Waals surface area contributed by atoms with E-state index in [4.69, 9.17) is 0 Å². The second-order valence-electron chi connectivity index (χ2n) is 6.91. The first-order chi connectivity index (χ1) is 13.3. The molecule has 0 bridgehead atoms. The fourth-order valence-electron chi connectivity index (χ4n) is 4.06. The van der Waals surface area contributed by atoms with Crippen molar-refractivity contribution in [1.82, 2.24) is 9.88 Å². The minimum absolute atomic E-state index is 0.0791. The van der Waals surface area contributed by atoms with Gasteiger partial charge in [-0.05, 0) is 52.9 Å². The molecule has 5 rings (SSSR count). The molecule has 4 aromatic rings. The standard InChI is InChI=1S/C22H20N2OS2/c25-21(8-7-15-14-23-18-5-2-1-4-16(15)18)24-11-9-19-17(10-13-27-19)22(24)20-6-3-12-26-20/h1-6,10,12-14,22-23H,7-9,11H2/t22-/m0/s1. The lowest BCUT2D eigenvalue weighted by Crippen LogP contribution is -2.39. The van der Waals surface area contributed by atoms with Crippen LogP contribution in [0.1, 0.15) is 33.3 Å². The zero-order valence-corrected chi connectivity index (χ0v) is 16.5. The minimum atomic E-state index is 0.0791. The molecule has 1 amide bonds. The van der Waals surface area contributed by atoms with E-state index in [2.05, 4.69) is 57.0 Å². The van der Waals surface area contributed by atoms with E-state index in [1.54, 1.807) is 11.3 Å². The summed E-state index contributed by atoms with van der Waals surface area (Å²) in [5, 5.41) is 5.48. The molecule has 0 unspecified atom stereocenters. The first kappa shape index (κ1) is 16.8. The van der Waals surface area contributed by atoms with Crippen LogP contribution in [0, 0.1) is 0 Å². The maximum atomic E-state index is 13.2. The number of hydrogen-bond donors (Lipinski definition) is 1. The van der Waals surface area contributed by atoms with Crippen LogP contribution in [0.25, 0.3) is 10.9 Å². The highest BCUT2D eigenvalue weighted by atomic mass is 32.1. The number of thiophene rings is 2. The van der Waals surface area contributed by atoms with Gasteiger partial charge in [0, 0.05) is 39.8 Å². The Morgan fingerprint density at radius 2 is 2.04 bits per heavy atom. The Morgan fingerprint density at radius 3 is 2.93 bits per heavy atom. The Hall–Kier alpha value is -2.37. The molecule has 3 nitrogen and oxygen atoms in total. The third-order valence-corrected chi connectivity index (χ3v) is 7.30. The van der Waals surface area contributed by atoms with Crippen LogP contribution in [0.4, 0.5) is 0 Å². The fourth-order valence-corrected chi connectivity index (χ4v) is 5.82. The molecule has 1 N–H and O–H groups in total. The van der Waals surface area contributed by atoms with Crippen molar-refractivity contribution in [2.75, 3.05) is 6.54 Å². The van der Waals surface area contributed by atoms with E-state index < -0.39 is 0 Å². The van der Waals surface area contributed by atoms with Gasteiger partial charge in [-0.1, -0.05) is 24.3 Å². The fraction of sp³-hybridized carbons (Fsp3) is 0.227. The van der Waals surface area contributed by atoms with Crippen LogP contribution in [0.5, 0.6) is 0 Å². The number of amides is 1.